The molecule has 0 spiro atoms. The molecule has 1 saturated heterocycles. The Kier molecular flexibility index (Phi) is 6.92. The maximum absolute atomic E-state index is 12.7. The average molecular weight is 485 g/mol. The Bertz CT molecular complexity index is 1270. The van der Waals surface area contributed by atoms with Crippen molar-refractivity contribution in [3.8, 4) is 5.75 Å². The first kappa shape index (κ1) is 23.8. The van der Waals surface area contributed by atoms with Crippen molar-refractivity contribution in [2.75, 3.05) is 30.4 Å². The Morgan fingerprint density at radius 1 is 1.26 bits per heavy atom. The van der Waals surface area contributed by atoms with Crippen molar-refractivity contribution in [3.63, 3.8) is 0 Å². The highest BCUT2D eigenvalue weighted by atomic mass is 35.5. The number of ether oxygens (including phenoxy) is 1. The van der Waals surface area contributed by atoms with Gasteiger partial charge in [-0.05, 0) is 49.9 Å². The van der Waals surface area contributed by atoms with Gasteiger partial charge in [0.2, 0.25) is 5.95 Å². The lowest BCUT2D eigenvalue weighted by Gasteiger charge is -2.30. The molecule has 0 bridgehead atoms. The lowest BCUT2D eigenvalue weighted by molar-refractivity contribution is -0.126. The highest BCUT2D eigenvalue weighted by Crippen LogP contribution is 2.29. The van der Waals surface area contributed by atoms with Crippen LogP contribution in [0.1, 0.15) is 26.7 Å². The third-order valence-corrected chi connectivity index (χ3v) is 6.45. The van der Waals surface area contributed by atoms with Crippen LogP contribution in [0.2, 0.25) is 5.02 Å². The van der Waals surface area contributed by atoms with Gasteiger partial charge in [-0.1, -0.05) is 18.5 Å². The first-order valence-corrected chi connectivity index (χ1v) is 11.7. The Balaban J connectivity index is 1.63. The summed E-state index contributed by atoms with van der Waals surface area (Å²) in [6.07, 6.45) is 3.04. The number of aryl methyl sites for hydroxylation is 1. The third-order valence-electron chi connectivity index (χ3n) is 6.17. The van der Waals surface area contributed by atoms with Gasteiger partial charge >= 0.3 is 0 Å². The number of hydrogen-bond acceptors (Lipinski definition) is 7. The monoisotopic (exact) mass is 484 g/mol. The molecule has 0 saturated carbocycles. The van der Waals surface area contributed by atoms with E-state index in [1.54, 1.807) is 26.2 Å². The highest BCUT2D eigenvalue weighted by molar-refractivity contribution is 6.32. The molecule has 3 aromatic rings. The van der Waals surface area contributed by atoms with E-state index in [1.807, 2.05) is 18.2 Å². The van der Waals surface area contributed by atoms with E-state index in [2.05, 4.69) is 32.4 Å². The van der Waals surface area contributed by atoms with Crippen LogP contribution in [0.3, 0.4) is 0 Å². The molecule has 4 rings (SSSR count). The third kappa shape index (κ3) is 4.94. The lowest BCUT2D eigenvalue weighted by atomic mass is 10.00. The minimum absolute atomic E-state index is 0.102. The van der Waals surface area contributed by atoms with Crippen molar-refractivity contribution in [1.29, 1.82) is 0 Å². The summed E-state index contributed by atoms with van der Waals surface area (Å²) in [5, 5.41) is 6.97. The van der Waals surface area contributed by atoms with Crippen molar-refractivity contribution in [2.45, 2.75) is 32.8 Å². The van der Waals surface area contributed by atoms with Crippen molar-refractivity contribution < 1.29 is 9.53 Å². The van der Waals surface area contributed by atoms with Crippen molar-refractivity contribution >= 4 is 45.9 Å². The summed E-state index contributed by atoms with van der Waals surface area (Å²) >= 11 is 6.39. The molecule has 2 aromatic heterocycles. The Hall–Kier alpha value is -3.33. The van der Waals surface area contributed by atoms with Crippen LogP contribution < -0.4 is 25.8 Å². The first-order chi connectivity index (χ1) is 16.3. The smallest absolute Gasteiger partial charge is 0.293 e. The van der Waals surface area contributed by atoms with Gasteiger partial charge in [0, 0.05) is 38.3 Å². The fourth-order valence-corrected chi connectivity index (χ4v) is 4.14. The predicted octanol–water partition coefficient (Wildman–Crippen LogP) is 3.48. The summed E-state index contributed by atoms with van der Waals surface area (Å²) in [5.41, 5.74) is 1.16. The number of benzene rings is 1. The number of pyridine rings is 1. The van der Waals surface area contributed by atoms with Crippen LogP contribution in [0, 0.1) is 5.92 Å². The zero-order valence-electron chi connectivity index (χ0n) is 19.8. The summed E-state index contributed by atoms with van der Waals surface area (Å²) in [7, 11) is 3.19. The molecule has 10 heteroatoms. The molecule has 0 aliphatic carbocycles. The Morgan fingerprint density at radius 3 is 2.71 bits per heavy atom. The summed E-state index contributed by atoms with van der Waals surface area (Å²) in [4.78, 5) is 35.8. The number of anilines is 3. The quantitative estimate of drug-likeness (QED) is 0.552. The second kappa shape index (κ2) is 9.89. The number of rotatable bonds is 6. The van der Waals surface area contributed by atoms with Crippen LogP contribution in [0.4, 0.5) is 17.5 Å². The molecule has 1 aliphatic heterocycles. The van der Waals surface area contributed by atoms with Crippen molar-refractivity contribution in [3.05, 3.63) is 45.8 Å². The second-order valence-electron chi connectivity index (χ2n) is 8.68. The number of likely N-dealkylation sites (N-methyl/N-ethyl adjacent to an activating group) is 1. The van der Waals surface area contributed by atoms with E-state index in [9.17, 15) is 9.59 Å². The van der Waals surface area contributed by atoms with E-state index in [1.165, 1.54) is 11.6 Å². The number of fused-ring (bicyclic) bond motifs is 1. The number of carbonyl (C=O) groups is 1. The molecule has 2 N–H and O–H groups in total. The van der Waals surface area contributed by atoms with Crippen LogP contribution in [-0.4, -0.2) is 46.7 Å². The molecule has 0 unspecified atom stereocenters. The van der Waals surface area contributed by atoms with Gasteiger partial charge in [-0.15, -0.1) is 0 Å². The van der Waals surface area contributed by atoms with E-state index < -0.39 is 6.10 Å². The normalized spacial score (nSPS) is 15.3. The molecular formula is C24H29ClN6O3. The van der Waals surface area contributed by atoms with Crippen LogP contribution in [-0.2, 0) is 11.8 Å². The van der Waals surface area contributed by atoms with E-state index in [0.29, 0.717) is 22.7 Å². The summed E-state index contributed by atoms with van der Waals surface area (Å²) in [5.74, 6) is 1.67. The molecule has 1 aliphatic rings. The molecule has 9 nitrogen and oxygen atoms in total. The molecule has 180 valence electrons. The number of carbonyl (C=O) groups excluding carboxylic acids is 1. The van der Waals surface area contributed by atoms with E-state index in [0.717, 1.165) is 42.5 Å². The van der Waals surface area contributed by atoms with Gasteiger partial charge in [0.25, 0.3) is 11.5 Å². The van der Waals surface area contributed by atoms with Gasteiger partial charge in [-0.3, -0.25) is 9.59 Å². The number of piperidine rings is 1. The van der Waals surface area contributed by atoms with Crippen LogP contribution in [0.25, 0.3) is 10.9 Å². The SMILES string of the molecule is CNC(=O)[C@@H](C)Oc1cc2cc(Nc3nc(N4CCC(C)CC4)ncc3Cl)ccc2n(C)c1=O. The maximum Gasteiger partial charge on any atom is 0.293 e. The molecule has 1 aromatic carbocycles. The Morgan fingerprint density at radius 2 is 2.00 bits per heavy atom. The topological polar surface area (TPSA) is 101 Å². The predicted molar refractivity (Wildman–Crippen MR) is 134 cm³/mol. The van der Waals surface area contributed by atoms with Crippen molar-refractivity contribution in [1.82, 2.24) is 19.9 Å². The molecule has 34 heavy (non-hydrogen) atoms. The number of hydrogen-bond donors (Lipinski definition) is 2. The largest absolute Gasteiger partial charge is 0.475 e. The number of nitrogens with zero attached hydrogens (tertiary/aromatic N) is 4. The molecule has 1 atom stereocenters. The van der Waals surface area contributed by atoms with E-state index in [4.69, 9.17) is 16.3 Å². The fraction of sp³-hybridized carbons (Fsp3) is 0.417. The highest BCUT2D eigenvalue weighted by Gasteiger charge is 2.20. The minimum Gasteiger partial charge on any atom is -0.475 e. The van der Waals surface area contributed by atoms with Crippen LogP contribution in [0.5, 0.6) is 5.75 Å². The molecule has 3 heterocycles. The average Bonchev–Trinajstić information content (AvgIpc) is 2.83. The van der Waals surface area contributed by atoms with Gasteiger partial charge in [-0.25, -0.2) is 4.98 Å². The summed E-state index contributed by atoms with van der Waals surface area (Å²) in [6, 6.07) is 7.22. The van der Waals surface area contributed by atoms with Gasteiger partial charge in [0.05, 0.1) is 11.7 Å². The first-order valence-electron chi connectivity index (χ1n) is 11.3. The van der Waals surface area contributed by atoms with Crippen LogP contribution in [0.15, 0.2) is 35.3 Å². The number of nitrogens with one attached hydrogen (secondary N) is 2. The van der Waals surface area contributed by atoms with Gasteiger partial charge < -0.3 is 24.8 Å². The molecule has 1 fully saturated rings. The molecular weight excluding hydrogens is 456 g/mol. The standard InChI is InChI=1S/C24H29ClN6O3/c1-14-7-9-31(10-8-14)24-27-13-18(25)21(29-24)28-17-5-6-19-16(11-17)12-20(23(33)30(19)4)34-15(2)22(32)26-3/h5-6,11-15H,7-10H2,1-4H3,(H,26,32)(H,27,28,29)/t15-/m1/s1. The Labute approximate surface area is 203 Å². The molecule has 1 amide bonds. The molecule has 0 radical (unpaired) electrons. The van der Waals surface area contributed by atoms with Gasteiger partial charge in [-0.2, -0.15) is 4.98 Å². The number of halogens is 1. The second-order valence-corrected chi connectivity index (χ2v) is 9.09. The maximum atomic E-state index is 12.7. The lowest BCUT2D eigenvalue weighted by Crippen LogP contribution is -2.35. The van der Waals surface area contributed by atoms with Gasteiger partial charge in [0.1, 0.15) is 5.02 Å². The van der Waals surface area contributed by atoms with E-state index in [-0.39, 0.29) is 17.2 Å². The number of amides is 1. The van der Waals surface area contributed by atoms with E-state index >= 15 is 0 Å². The van der Waals surface area contributed by atoms with Gasteiger partial charge in [0.15, 0.2) is 17.7 Å². The number of aromatic nitrogens is 3. The minimum atomic E-state index is -0.799. The zero-order chi connectivity index (χ0) is 24.4. The zero-order valence-corrected chi connectivity index (χ0v) is 20.5. The van der Waals surface area contributed by atoms with Crippen LogP contribution >= 0.6 is 11.6 Å². The summed E-state index contributed by atoms with van der Waals surface area (Å²) in [6.45, 7) is 5.70. The summed E-state index contributed by atoms with van der Waals surface area (Å²) < 4.78 is 7.14. The van der Waals surface area contributed by atoms with Crippen molar-refractivity contribution in [2.24, 2.45) is 13.0 Å². The fourth-order valence-electron chi connectivity index (χ4n) is 4.01.